The maximum absolute atomic E-state index is 13.3. The number of carbonyl (C=O) groups is 1. The van der Waals surface area contributed by atoms with Crippen molar-refractivity contribution in [3.8, 4) is 0 Å². The first-order valence-electron chi connectivity index (χ1n) is 11.5. The van der Waals surface area contributed by atoms with Gasteiger partial charge in [-0.05, 0) is 82.2 Å². The summed E-state index contributed by atoms with van der Waals surface area (Å²) in [7, 11) is 0. The number of hydrogen-bond donors (Lipinski definition) is 1. The van der Waals surface area contributed by atoms with E-state index >= 15 is 0 Å². The number of carbonyl (C=O) groups excluding carboxylic acids is 1. The molecule has 2 N–H and O–H groups in total. The number of piperidine rings is 1. The fraction of sp³-hybridized carbons (Fsp3) is 0.955. The minimum absolute atomic E-state index is 0.266. The number of nitrogens with zero attached hydrogens (tertiary/aromatic N) is 2. The number of nitrogens with two attached hydrogens (primary N) is 1. The Bertz CT molecular complexity index is 460. The highest BCUT2D eigenvalue weighted by Gasteiger charge is 2.42. The number of amides is 1. The van der Waals surface area contributed by atoms with Gasteiger partial charge in [-0.25, -0.2) is 0 Å². The first-order chi connectivity index (χ1) is 12.7. The Morgan fingerprint density at radius 3 is 2.23 bits per heavy atom. The number of likely N-dealkylation sites (tertiary alicyclic amines) is 2. The second-order valence-electron chi connectivity index (χ2n) is 9.70. The zero-order valence-electron chi connectivity index (χ0n) is 16.6. The van der Waals surface area contributed by atoms with Gasteiger partial charge in [-0.3, -0.25) is 4.79 Å². The Balaban J connectivity index is 1.31. The first kappa shape index (κ1) is 18.7. The van der Waals surface area contributed by atoms with Crippen LogP contribution >= 0.6 is 0 Å². The van der Waals surface area contributed by atoms with Gasteiger partial charge in [-0.2, -0.15) is 0 Å². The van der Waals surface area contributed by atoms with Crippen molar-refractivity contribution in [3.05, 3.63) is 0 Å². The van der Waals surface area contributed by atoms with Crippen molar-refractivity contribution in [1.82, 2.24) is 9.80 Å². The molecular weight excluding hydrogens is 322 g/mol. The smallest absolute Gasteiger partial charge is 0.225 e. The molecule has 1 amide bonds. The summed E-state index contributed by atoms with van der Waals surface area (Å²) >= 11 is 0. The van der Waals surface area contributed by atoms with Gasteiger partial charge in [0.25, 0.3) is 0 Å². The van der Waals surface area contributed by atoms with E-state index in [4.69, 9.17) is 5.73 Å². The van der Waals surface area contributed by atoms with Crippen LogP contribution in [0.1, 0.15) is 70.6 Å². The lowest BCUT2D eigenvalue weighted by atomic mass is 9.65. The molecule has 2 aliphatic heterocycles. The zero-order chi connectivity index (χ0) is 17.9. The lowest BCUT2D eigenvalue weighted by molar-refractivity contribution is -0.140. The Morgan fingerprint density at radius 1 is 0.846 bits per heavy atom. The molecule has 0 aromatic carbocycles. The Hall–Kier alpha value is -0.610. The average Bonchev–Trinajstić information content (AvgIpc) is 2.90. The molecule has 0 aromatic heterocycles. The van der Waals surface area contributed by atoms with E-state index in [1.54, 1.807) is 0 Å². The van der Waals surface area contributed by atoms with Crippen LogP contribution in [0.5, 0.6) is 0 Å². The quantitative estimate of drug-likeness (QED) is 0.839. The van der Waals surface area contributed by atoms with Gasteiger partial charge in [-0.1, -0.05) is 19.3 Å². The van der Waals surface area contributed by atoms with Gasteiger partial charge in [0, 0.05) is 31.6 Å². The maximum Gasteiger partial charge on any atom is 0.225 e. The van der Waals surface area contributed by atoms with Crippen LogP contribution in [0.4, 0.5) is 0 Å². The minimum atomic E-state index is 0.266. The summed E-state index contributed by atoms with van der Waals surface area (Å²) in [6, 6.07) is 0.366. The molecule has 3 atom stereocenters. The third kappa shape index (κ3) is 4.27. The van der Waals surface area contributed by atoms with E-state index < -0.39 is 0 Å². The topological polar surface area (TPSA) is 49.6 Å². The minimum Gasteiger partial charge on any atom is -0.342 e. The van der Waals surface area contributed by atoms with E-state index in [9.17, 15) is 4.79 Å². The summed E-state index contributed by atoms with van der Waals surface area (Å²) in [6.45, 7) is 5.76. The lowest BCUT2D eigenvalue weighted by Crippen LogP contribution is -2.51. The summed E-state index contributed by atoms with van der Waals surface area (Å²) in [5.74, 6) is 2.64. The molecule has 2 saturated carbocycles. The SMILES string of the molecule is NC1C2CCCC1CC(C(=O)N1CCCC(CN3CCCCCC3)C1)C2. The molecule has 0 spiro atoms. The highest BCUT2D eigenvalue weighted by atomic mass is 16.2. The maximum atomic E-state index is 13.3. The van der Waals surface area contributed by atoms with Gasteiger partial charge >= 0.3 is 0 Å². The third-order valence-corrected chi connectivity index (χ3v) is 7.81. The summed E-state index contributed by atoms with van der Waals surface area (Å²) in [5, 5.41) is 0. The molecule has 4 aliphatic rings. The molecular formula is C22H39N3O. The summed E-state index contributed by atoms with van der Waals surface area (Å²) in [4.78, 5) is 18.2. The van der Waals surface area contributed by atoms with Gasteiger partial charge < -0.3 is 15.5 Å². The molecule has 148 valence electrons. The number of hydrogen-bond acceptors (Lipinski definition) is 3. The molecule has 26 heavy (non-hydrogen) atoms. The molecule has 2 heterocycles. The van der Waals surface area contributed by atoms with Crippen LogP contribution in [0.15, 0.2) is 0 Å². The van der Waals surface area contributed by atoms with Crippen LogP contribution in [0.3, 0.4) is 0 Å². The highest BCUT2D eigenvalue weighted by Crippen LogP contribution is 2.42. The number of fused-ring (bicyclic) bond motifs is 2. The summed E-state index contributed by atoms with van der Waals surface area (Å²) < 4.78 is 0. The van der Waals surface area contributed by atoms with Gasteiger partial charge in [0.15, 0.2) is 0 Å². The van der Waals surface area contributed by atoms with Crippen molar-refractivity contribution in [2.45, 2.75) is 76.7 Å². The van der Waals surface area contributed by atoms with E-state index in [-0.39, 0.29) is 5.92 Å². The van der Waals surface area contributed by atoms with E-state index in [0.29, 0.717) is 29.7 Å². The fourth-order valence-electron chi connectivity index (χ4n) is 6.35. The lowest BCUT2D eigenvalue weighted by Gasteiger charge is -2.45. The monoisotopic (exact) mass is 361 g/mol. The van der Waals surface area contributed by atoms with Crippen LogP contribution in [-0.2, 0) is 4.79 Å². The van der Waals surface area contributed by atoms with Crippen molar-refractivity contribution in [2.24, 2.45) is 29.4 Å². The van der Waals surface area contributed by atoms with Gasteiger partial charge in [0.1, 0.15) is 0 Å². The van der Waals surface area contributed by atoms with E-state index in [1.165, 1.54) is 77.4 Å². The molecule has 4 heteroatoms. The standard InChI is InChI=1S/C22H39N3O/c23-21-18-8-5-9-19(21)14-20(13-18)22(26)25-12-6-7-17(16-25)15-24-10-3-1-2-4-11-24/h17-21H,1-16,23H2. The van der Waals surface area contributed by atoms with E-state index in [2.05, 4.69) is 9.80 Å². The van der Waals surface area contributed by atoms with Gasteiger partial charge in [0.2, 0.25) is 5.91 Å². The van der Waals surface area contributed by atoms with Crippen molar-refractivity contribution in [3.63, 3.8) is 0 Å². The molecule has 4 rings (SSSR count). The van der Waals surface area contributed by atoms with Gasteiger partial charge in [0.05, 0.1) is 0 Å². The fourth-order valence-corrected chi connectivity index (χ4v) is 6.35. The van der Waals surface area contributed by atoms with Crippen LogP contribution in [0, 0.1) is 23.7 Å². The van der Waals surface area contributed by atoms with Gasteiger partial charge in [-0.15, -0.1) is 0 Å². The second kappa shape index (κ2) is 8.60. The molecule has 2 bridgehead atoms. The van der Waals surface area contributed by atoms with Crippen LogP contribution in [0.2, 0.25) is 0 Å². The van der Waals surface area contributed by atoms with Crippen LogP contribution in [-0.4, -0.2) is 54.5 Å². The third-order valence-electron chi connectivity index (χ3n) is 7.81. The predicted octanol–water partition coefficient (Wildman–Crippen LogP) is 3.25. The second-order valence-corrected chi connectivity index (χ2v) is 9.70. The molecule has 0 aromatic rings. The van der Waals surface area contributed by atoms with E-state index in [0.717, 1.165) is 25.9 Å². The summed E-state index contributed by atoms with van der Waals surface area (Å²) in [6.07, 6.45) is 14.0. The largest absolute Gasteiger partial charge is 0.342 e. The predicted molar refractivity (Wildman–Crippen MR) is 106 cm³/mol. The molecule has 4 fully saturated rings. The molecule has 3 unspecified atom stereocenters. The van der Waals surface area contributed by atoms with Crippen molar-refractivity contribution in [2.75, 3.05) is 32.7 Å². The van der Waals surface area contributed by atoms with Crippen LogP contribution < -0.4 is 5.73 Å². The average molecular weight is 362 g/mol. The number of rotatable bonds is 3. The molecule has 0 radical (unpaired) electrons. The Morgan fingerprint density at radius 2 is 1.54 bits per heavy atom. The van der Waals surface area contributed by atoms with Crippen molar-refractivity contribution < 1.29 is 4.79 Å². The van der Waals surface area contributed by atoms with E-state index in [1.807, 2.05) is 0 Å². The van der Waals surface area contributed by atoms with Crippen molar-refractivity contribution >= 4 is 5.91 Å². The normalized spacial score (nSPS) is 39.4. The molecule has 4 nitrogen and oxygen atoms in total. The van der Waals surface area contributed by atoms with Crippen molar-refractivity contribution in [1.29, 1.82) is 0 Å². The molecule has 2 saturated heterocycles. The summed E-state index contributed by atoms with van der Waals surface area (Å²) in [5.41, 5.74) is 6.43. The Labute approximate surface area is 159 Å². The van der Waals surface area contributed by atoms with Crippen LogP contribution in [0.25, 0.3) is 0 Å². The molecule has 2 aliphatic carbocycles. The zero-order valence-corrected chi connectivity index (χ0v) is 16.6. The first-order valence-corrected chi connectivity index (χ1v) is 11.5. The highest BCUT2D eigenvalue weighted by molar-refractivity contribution is 5.79. The Kier molecular flexibility index (Phi) is 6.20.